The third-order valence-corrected chi connectivity index (χ3v) is 5.18. The second kappa shape index (κ2) is 6.41. The summed E-state index contributed by atoms with van der Waals surface area (Å²) in [5.74, 6) is -0.0662. The molecule has 2 heterocycles. The first-order valence-electron chi connectivity index (χ1n) is 6.94. The van der Waals surface area contributed by atoms with Crippen LogP contribution in [0.1, 0.15) is 18.5 Å². The maximum atomic E-state index is 12.2. The third-order valence-electron chi connectivity index (χ3n) is 3.18. The molecule has 2 aromatic heterocycles. The molecule has 1 aromatic carbocycles. The number of aryl methyl sites for hydroxylation is 2. The van der Waals surface area contributed by atoms with Crippen LogP contribution in [0.4, 0.5) is 5.13 Å². The summed E-state index contributed by atoms with van der Waals surface area (Å²) in [7, 11) is 0. The molecule has 0 spiro atoms. The van der Waals surface area contributed by atoms with E-state index in [0.29, 0.717) is 24.5 Å². The first kappa shape index (κ1) is 14.9. The lowest BCUT2D eigenvalue weighted by atomic mass is 10.3. The average Bonchev–Trinajstić information content (AvgIpc) is 3.04. The van der Waals surface area contributed by atoms with Gasteiger partial charge in [0.1, 0.15) is 0 Å². The van der Waals surface area contributed by atoms with Crippen LogP contribution in [0.2, 0.25) is 0 Å². The molecule has 0 radical (unpaired) electrons. The summed E-state index contributed by atoms with van der Waals surface area (Å²) in [6, 6.07) is 7.56. The SMILES string of the molecule is Cc1csc(NC(=O)CCCn2sc3ccccc3c2=O)n1. The van der Waals surface area contributed by atoms with Crippen molar-refractivity contribution in [1.29, 1.82) is 0 Å². The van der Waals surface area contributed by atoms with Gasteiger partial charge in [0.2, 0.25) is 5.91 Å². The molecule has 5 nitrogen and oxygen atoms in total. The van der Waals surface area contributed by atoms with Crippen LogP contribution in [-0.4, -0.2) is 14.8 Å². The van der Waals surface area contributed by atoms with Gasteiger partial charge in [-0.15, -0.1) is 11.3 Å². The van der Waals surface area contributed by atoms with Gasteiger partial charge < -0.3 is 5.32 Å². The van der Waals surface area contributed by atoms with Crippen molar-refractivity contribution in [2.45, 2.75) is 26.3 Å². The Balaban J connectivity index is 1.57. The summed E-state index contributed by atoms with van der Waals surface area (Å²) in [5, 5.41) is 6.04. The average molecular weight is 333 g/mol. The Morgan fingerprint density at radius 1 is 1.36 bits per heavy atom. The van der Waals surface area contributed by atoms with Crippen molar-refractivity contribution in [1.82, 2.24) is 8.94 Å². The molecule has 0 unspecified atom stereocenters. The predicted octanol–water partition coefficient (Wildman–Crippen LogP) is 3.25. The Hall–Kier alpha value is -1.99. The van der Waals surface area contributed by atoms with Crippen molar-refractivity contribution in [3.05, 3.63) is 45.7 Å². The largest absolute Gasteiger partial charge is 0.302 e. The van der Waals surface area contributed by atoms with E-state index in [1.54, 1.807) is 3.96 Å². The van der Waals surface area contributed by atoms with E-state index in [9.17, 15) is 9.59 Å². The maximum absolute atomic E-state index is 12.2. The van der Waals surface area contributed by atoms with Gasteiger partial charge >= 0.3 is 0 Å². The van der Waals surface area contributed by atoms with Crippen LogP contribution >= 0.6 is 22.9 Å². The molecular weight excluding hydrogens is 318 g/mol. The fourth-order valence-electron chi connectivity index (χ4n) is 2.14. The third kappa shape index (κ3) is 3.26. The molecule has 0 aliphatic rings. The molecule has 22 heavy (non-hydrogen) atoms. The van der Waals surface area contributed by atoms with Gasteiger partial charge in [0, 0.05) is 18.3 Å². The zero-order valence-electron chi connectivity index (χ0n) is 12.0. The lowest BCUT2D eigenvalue weighted by molar-refractivity contribution is -0.116. The highest BCUT2D eigenvalue weighted by atomic mass is 32.1. The zero-order valence-corrected chi connectivity index (χ0v) is 13.7. The fourth-order valence-corrected chi connectivity index (χ4v) is 3.88. The molecule has 114 valence electrons. The molecule has 0 fully saturated rings. The van der Waals surface area contributed by atoms with E-state index in [4.69, 9.17) is 0 Å². The quantitative estimate of drug-likeness (QED) is 0.779. The Labute approximate surface area is 135 Å². The highest BCUT2D eigenvalue weighted by molar-refractivity contribution is 7.14. The van der Waals surface area contributed by atoms with Crippen molar-refractivity contribution >= 4 is 44.0 Å². The number of anilines is 1. The predicted molar refractivity (Wildman–Crippen MR) is 90.8 cm³/mol. The van der Waals surface area contributed by atoms with Gasteiger partial charge in [-0.25, -0.2) is 4.98 Å². The van der Waals surface area contributed by atoms with Crippen LogP contribution in [0.15, 0.2) is 34.4 Å². The van der Waals surface area contributed by atoms with Crippen LogP contribution in [0, 0.1) is 6.92 Å². The van der Waals surface area contributed by atoms with E-state index < -0.39 is 0 Å². The minimum Gasteiger partial charge on any atom is -0.302 e. The van der Waals surface area contributed by atoms with E-state index in [2.05, 4.69) is 10.3 Å². The number of rotatable bonds is 5. The van der Waals surface area contributed by atoms with Crippen molar-refractivity contribution in [2.24, 2.45) is 0 Å². The van der Waals surface area contributed by atoms with Crippen molar-refractivity contribution < 1.29 is 4.79 Å². The van der Waals surface area contributed by atoms with Gasteiger partial charge in [-0.05, 0) is 25.5 Å². The van der Waals surface area contributed by atoms with E-state index in [1.165, 1.54) is 22.9 Å². The molecule has 1 amide bonds. The number of carbonyl (C=O) groups excluding carboxylic acids is 1. The number of carbonyl (C=O) groups is 1. The highest BCUT2D eigenvalue weighted by Gasteiger charge is 2.08. The molecule has 0 aliphatic heterocycles. The van der Waals surface area contributed by atoms with Crippen molar-refractivity contribution in [2.75, 3.05) is 5.32 Å². The standard InChI is InChI=1S/C15H15N3O2S2/c1-10-9-21-15(16-10)17-13(19)7-4-8-18-14(20)11-5-2-3-6-12(11)22-18/h2-3,5-6,9H,4,7-8H2,1H3,(H,16,17,19). The monoisotopic (exact) mass is 333 g/mol. The second-order valence-corrected chi connectivity index (χ2v) is 6.86. The number of nitrogens with one attached hydrogen (secondary N) is 1. The number of nitrogens with zero attached hydrogens (tertiary/aromatic N) is 2. The Morgan fingerprint density at radius 3 is 2.91 bits per heavy atom. The Kier molecular flexibility index (Phi) is 4.35. The van der Waals surface area contributed by atoms with Crippen LogP contribution in [0.3, 0.4) is 0 Å². The van der Waals surface area contributed by atoms with Gasteiger partial charge in [-0.3, -0.25) is 13.5 Å². The molecule has 0 bridgehead atoms. The van der Waals surface area contributed by atoms with Gasteiger partial charge in [0.05, 0.1) is 15.8 Å². The zero-order chi connectivity index (χ0) is 15.5. The second-order valence-electron chi connectivity index (χ2n) is 4.94. The van der Waals surface area contributed by atoms with E-state index in [-0.39, 0.29) is 11.5 Å². The van der Waals surface area contributed by atoms with E-state index >= 15 is 0 Å². The molecule has 0 saturated carbocycles. The summed E-state index contributed by atoms with van der Waals surface area (Å²) in [6.45, 7) is 2.45. The van der Waals surface area contributed by atoms with E-state index in [1.807, 2.05) is 36.6 Å². The molecule has 3 aromatic rings. The number of hydrogen-bond donors (Lipinski definition) is 1. The Morgan fingerprint density at radius 2 is 2.18 bits per heavy atom. The number of benzene rings is 1. The van der Waals surface area contributed by atoms with Crippen LogP contribution in [0.5, 0.6) is 0 Å². The summed E-state index contributed by atoms with van der Waals surface area (Å²) >= 11 is 2.86. The minimum atomic E-state index is -0.0662. The van der Waals surface area contributed by atoms with Crippen molar-refractivity contribution in [3.8, 4) is 0 Å². The normalized spacial score (nSPS) is 11.0. The summed E-state index contributed by atoms with van der Waals surface area (Å²) in [6.07, 6.45) is 1.00. The lowest BCUT2D eigenvalue weighted by Gasteiger charge is -2.02. The van der Waals surface area contributed by atoms with Crippen LogP contribution in [-0.2, 0) is 11.3 Å². The van der Waals surface area contributed by atoms with E-state index in [0.717, 1.165) is 15.8 Å². The van der Waals surface area contributed by atoms with Gasteiger partial charge in [-0.2, -0.15) is 0 Å². The Bertz CT molecular complexity index is 863. The first-order valence-corrected chi connectivity index (χ1v) is 8.59. The van der Waals surface area contributed by atoms with Crippen molar-refractivity contribution in [3.63, 3.8) is 0 Å². The van der Waals surface area contributed by atoms with Gasteiger partial charge in [0.25, 0.3) is 5.56 Å². The van der Waals surface area contributed by atoms with Gasteiger partial charge in [-0.1, -0.05) is 23.7 Å². The topological polar surface area (TPSA) is 64.0 Å². The molecule has 1 N–H and O–H groups in total. The molecule has 7 heteroatoms. The van der Waals surface area contributed by atoms with Crippen LogP contribution in [0.25, 0.3) is 10.1 Å². The number of hydrogen-bond acceptors (Lipinski definition) is 5. The number of aromatic nitrogens is 2. The molecule has 0 atom stereocenters. The number of thiazole rings is 1. The number of fused-ring (bicyclic) bond motifs is 1. The molecule has 3 rings (SSSR count). The van der Waals surface area contributed by atoms with Crippen LogP contribution < -0.4 is 10.9 Å². The highest BCUT2D eigenvalue weighted by Crippen LogP contribution is 2.17. The minimum absolute atomic E-state index is 0.0246. The molecular formula is C15H15N3O2S2. The number of amides is 1. The molecule has 0 aliphatic carbocycles. The molecule has 0 saturated heterocycles. The first-order chi connectivity index (χ1) is 10.6. The van der Waals surface area contributed by atoms with Gasteiger partial charge in [0.15, 0.2) is 5.13 Å². The summed E-state index contributed by atoms with van der Waals surface area (Å²) in [4.78, 5) is 28.2. The fraction of sp³-hybridized carbons (Fsp3) is 0.267. The summed E-state index contributed by atoms with van der Waals surface area (Å²) < 4.78 is 2.70. The lowest BCUT2D eigenvalue weighted by Crippen LogP contribution is -2.16. The maximum Gasteiger partial charge on any atom is 0.268 e. The smallest absolute Gasteiger partial charge is 0.268 e. The summed E-state index contributed by atoms with van der Waals surface area (Å²) in [5.41, 5.74) is 0.925.